The number of hydrogen-bond acceptors (Lipinski definition) is 5. The number of thiophene rings is 1. The zero-order valence-corrected chi connectivity index (χ0v) is 17.1. The molecule has 0 saturated carbocycles. The van der Waals surface area contributed by atoms with Crippen molar-refractivity contribution >= 4 is 39.9 Å². The Kier molecular flexibility index (Phi) is 4.89. The van der Waals surface area contributed by atoms with Gasteiger partial charge in [0.2, 0.25) is 5.91 Å². The molecule has 29 heavy (non-hydrogen) atoms. The molecule has 1 N–H and O–H groups in total. The van der Waals surface area contributed by atoms with Gasteiger partial charge in [-0.25, -0.2) is 0 Å². The molecule has 8 nitrogen and oxygen atoms in total. The first-order valence-corrected chi connectivity index (χ1v) is 9.80. The second-order valence-electron chi connectivity index (χ2n) is 6.83. The molecule has 0 fully saturated rings. The van der Waals surface area contributed by atoms with Crippen molar-refractivity contribution in [1.29, 1.82) is 0 Å². The van der Waals surface area contributed by atoms with E-state index in [0.717, 1.165) is 21.3 Å². The number of aromatic nitrogens is 4. The molecule has 0 bridgehead atoms. The van der Waals surface area contributed by atoms with Gasteiger partial charge in [0, 0.05) is 43.2 Å². The molecule has 9 heteroatoms. The van der Waals surface area contributed by atoms with Crippen molar-refractivity contribution in [1.82, 2.24) is 24.5 Å². The van der Waals surface area contributed by atoms with Gasteiger partial charge in [0.25, 0.3) is 5.91 Å². The first kappa shape index (κ1) is 18.9. The largest absolute Gasteiger partial charge is 0.344 e. The third-order valence-electron chi connectivity index (χ3n) is 4.46. The van der Waals surface area contributed by atoms with E-state index in [2.05, 4.69) is 15.5 Å². The standard InChI is InChI=1S/C20H20N6O2S/c1-24(2)20(28)17-9-8-16(29-17)13-10-21-26(11-13)12-18(27)22-19-14-6-4-5-7-15(14)25(3)23-19/h4-11H,12H2,1-3H3,(H,22,23,27). The predicted octanol–water partition coefficient (Wildman–Crippen LogP) is 2.84. The summed E-state index contributed by atoms with van der Waals surface area (Å²) in [5.74, 6) is 0.291. The molecule has 0 unspecified atom stereocenters. The average molecular weight is 408 g/mol. The molecule has 0 aliphatic rings. The summed E-state index contributed by atoms with van der Waals surface area (Å²) in [5, 5.41) is 12.4. The molecule has 1 aromatic carbocycles. The number of aryl methyl sites for hydroxylation is 1. The van der Waals surface area contributed by atoms with Crippen LogP contribution in [0.5, 0.6) is 0 Å². The van der Waals surface area contributed by atoms with Gasteiger partial charge in [-0.3, -0.25) is 19.0 Å². The fourth-order valence-electron chi connectivity index (χ4n) is 3.03. The lowest BCUT2D eigenvalue weighted by Gasteiger charge is -2.07. The van der Waals surface area contributed by atoms with E-state index >= 15 is 0 Å². The lowest BCUT2D eigenvalue weighted by atomic mass is 10.2. The summed E-state index contributed by atoms with van der Waals surface area (Å²) in [7, 11) is 5.29. The van der Waals surface area contributed by atoms with Crippen LogP contribution in [-0.4, -0.2) is 50.4 Å². The van der Waals surface area contributed by atoms with Crippen LogP contribution in [0.15, 0.2) is 48.8 Å². The summed E-state index contributed by atoms with van der Waals surface area (Å²) >= 11 is 1.40. The number of fused-ring (bicyclic) bond motifs is 1. The van der Waals surface area contributed by atoms with Crippen LogP contribution < -0.4 is 5.32 Å². The van der Waals surface area contributed by atoms with E-state index < -0.39 is 0 Å². The van der Waals surface area contributed by atoms with Crippen LogP contribution in [0.2, 0.25) is 0 Å². The minimum Gasteiger partial charge on any atom is -0.344 e. The van der Waals surface area contributed by atoms with Gasteiger partial charge in [0.05, 0.1) is 16.6 Å². The quantitative estimate of drug-likeness (QED) is 0.550. The molecule has 3 heterocycles. The third kappa shape index (κ3) is 3.77. The van der Waals surface area contributed by atoms with Crippen LogP contribution in [0.4, 0.5) is 5.82 Å². The monoisotopic (exact) mass is 408 g/mol. The summed E-state index contributed by atoms with van der Waals surface area (Å²) in [6.45, 7) is 0.0692. The Bertz CT molecular complexity index is 1200. The maximum atomic E-state index is 12.5. The van der Waals surface area contributed by atoms with Crippen LogP contribution >= 0.6 is 11.3 Å². The second kappa shape index (κ2) is 7.51. The average Bonchev–Trinajstić information content (AvgIpc) is 3.41. The Morgan fingerprint density at radius 1 is 1.17 bits per heavy atom. The molecular weight excluding hydrogens is 388 g/mol. The molecule has 0 aliphatic heterocycles. The van der Waals surface area contributed by atoms with Gasteiger partial charge in [-0.1, -0.05) is 12.1 Å². The molecule has 148 valence electrons. The van der Waals surface area contributed by atoms with Crippen LogP contribution in [0.3, 0.4) is 0 Å². The molecule has 4 aromatic rings. The SMILES string of the molecule is CN(C)C(=O)c1ccc(-c2cnn(CC(=O)Nc3nn(C)c4ccccc34)c2)s1. The Morgan fingerprint density at radius 2 is 1.97 bits per heavy atom. The fraction of sp³-hybridized carbons (Fsp3) is 0.200. The van der Waals surface area contributed by atoms with Crippen LogP contribution in [0, 0.1) is 0 Å². The molecule has 4 rings (SSSR count). The molecule has 0 atom stereocenters. The maximum absolute atomic E-state index is 12.5. The third-order valence-corrected chi connectivity index (χ3v) is 5.58. The second-order valence-corrected chi connectivity index (χ2v) is 7.91. The molecule has 2 amide bonds. The van der Waals surface area contributed by atoms with Crippen molar-refractivity contribution in [3.8, 4) is 10.4 Å². The smallest absolute Gasteiger partial charge is 0.263 e. The summed E-state index contributed by atoms with van der Waals surface area (Å²) in [6.07, 6.45) is 3.49. The number of nitrogens with one attached hydrogen (secondary N) is 1. The van der Waals surface area contributed by atoms with E-state index in [9.17, 15) is 9.59 Å². The Morgan fingerprint density at radius 3 is 2.76 bits per heavy atom. The van der Waals surface area contributed by atoms with Crippen LogP contribution in [-0.2, 0) is 18.4 Å². The molecule has 0 saturated heterocycles. The highest BCUT2D eigenvalue weighted by molar-refractivity contribution is 7.17. The lowest BCUT2D eigenvalue weighted by molar-refractivity contribution is -0.116. The zero-order valence-electron chi connectivity index (χ0n) is 16.3. The van der Waals surface area contributed by atoms with Crippen molar-refractivity contribution in [3.63, 3.8) is 0 Å². The highest BCUT2D eigenvalue weighted by Gasteiger charge is 2.15. The highest BCUT2D eigenvalue weighted by Crippen LogP contribution is 2.28. The summed E-state index contributed by atoms with van der Waals surface area (Å²) in [6, 6.07) is 11.4. The number of benzene rings is 1. The van der Waals surface area contributed by atoms with Crippen molar-refractivity contribution in [2.75, 3.05) is 19.4 Å². The summed E-state index contributed by atoms with van der Waals surface area (Å²) < 4.78 is 3.31. The molecule has 0 radical (unpaired) electrons. The maximum Gasteiger partial charge on any atom is 0.263 e. The van der Waals surface area contributed by atoms with Crippen LogP contribution in [0.25, 0.3) is 21.3 Å². The lowest BCUT2D eigenvalue weighted by Crippen LogP contribution is -2.20. The number of rotatable bonds is 5. The van der Waals surface area contributed by atoms with Gasteiger partial charge in [0.1, 0.15) is 6.54 Å². The van der Waals surface area contributed by atoms with Crippen molar-refractivity contribution in [2.45, 2.75) is 6.54 Å². The topological polar surface area (TPSA) is 85.1 Å². The number of nitrogens with zero attached hydrogens (tertiary/aromatic N) is 5. The Hall–Kier alpha value is -3.46. The number of carbonyl (C=O) groups is 2. The number of amides is 2. The molecule has 3 aromatic heterocycles. The van der Waals surface area contributed by atoms with E-state index in [1.807, 2.05) is 37.4 Å². The van der Waals surface area contributed by atoms with Gasteiger partial charge >= 0.3 is 0 Å². The van der Waals surface area contributed by atoms with Crippen LogP contribution in [0.1, 0.15) is 9.67 Å². The summed E-state index contributed by atoms with van der Waals surface area (Å²) in [5.41, 5.74) is 1.81. The van der Waals surface area contributed by atoms with Crippen molar-refractivity contribution < 1.29 is 9.59 Å². The minimum absolute atomic E-state index is 0.0318. The Balaban J connectivity index is 1.46. The first-order valence-electron chi connectivity index (χ1n) is 8.98. The first-order chi connectivity index (χ1) is 13.9. The van der Waals surface area contributed by atoms with E-state index in [0.29, 0.717) is 10.7 Å². The van der Waals surface area contributed by atoms with Gasteiger partial charge in [0.15, 0.2) is 5.82 Å². The fourth-order valence-corrected chi connectivity index (χ4v) is 4.03. The number of anilines is 1. The highest BCUT2D eigenvalue weighted by atomic mass is 32.1. The molecule has 0 aliphatic carbocycles. The summed E-state index contributed by atoms with van der Waals surface area (Å²) in [4.78, 5) is 27.7. The van der Waals surface area contributed by atoms with E-state index in [4.69, 9.17) is 0 Å². The molecular formula is C20H20N6O2S. The van der Waals surface area contributed by atoms with Gasteiger partial charge in [-0.15, -0.1) is 11.3 Å². The Labute approximate surface area is 171 Å². The number of carbonyl (C=O) groups excluding carboxylic acids is 2. The van der Waals surface area contributed by atoms with E-state index in [1.165, 1.54) is 11.3 Å². The van der Waals surface area contributed by atoms with E-state index in [1.54, 1.807) is 46.8 Å². The van der Waals surface area contributed by atoms with Gasteiger partial charge in [-0.05, 0) is 24.3 Å². The van der Waals surface area contributed by atoms with E-state index in [-0.39, 0.29) is 18.4 Å². The number of hydrogen-bond donors (Lipinski definition) is 1. The normalized spacial score (nSPS) is 11.0. The molecule has 0 spiro atoms. The minimum atomic E-state index is -0.210. The van der Waals surface area contributed by atoms with Gasteiger partial charge in [-0.2, -0.15) is 10.2 Å². The zero-order chi connectivity index (χ0) is 20.5. The van der Waals surface area contributed by atoms with Gasteiger partial charge < -0.3 is 10.2 Å². The van der Waals surface area contributed by atoms with Crippen molar-refractivity contribution in [2.24, 2.45) is 7.05 Å². The predicted molar refractivity (Wildman–Crippen MR) is 113 cm³/mol. The number of para-hydroxylation sites is 1. The van der Waals surface area contributed by atoms with Crippen molar-refractivity contribution in [3.05, 3.63) is 53.7 Å².